The maximum Gasteiger partial charge on any atom is 0.524 e. The van der Waals surface area contributed by atoms with Crippen LogP contribution in [0.2, 0.25) is 15.1 Å². The van der Waals surface area contributed by atoms with Crippen LogP contribution in [0.1, 0.15) is 0 Å². The van der Waals surface area contributed by atoms with Crippen molar-refractivity contribution in [2.45, 2.75) is 0 Å². The Bertz CT molecular complexity index is 716. The molecule has 0 saturated heterocycles. The zero-order valence-corrected chi connectivity index (χ0v) is 13.3. The van der Waals surface area contributed by atoms with Gasteiger partial charge in [-0.25, -0.2) is 4.57 Å². The highest BCUT2D eigenvalue weighted by Gasteiger charge is 2.20. The van der Waals surface area contributed by atoms with Crippen LogP contribution in [-0.2, 0) is 4.57 Å². The van der Waals surface area contributed by atoms with Gasteiger partial charge in [-0.1, -0.05) is 34.8 Å². The Morgan fingerprint density at radius 3 is 2.00 bits per heavy atom. The van der Waals surface area contributed by atoms with Crippen LogP contribution >= 0.6 is 42.6 Å². The maximum absolute atomic E-state index is 11.0. The van der Waals surface area contributed by atoms with Gasteiger partial charge < -0.3 is 9.26 Å². The quantitative estimate of drug-likeness (QED) is 0.749. The van der Waals surface area contributed by atoms with Crippen LogP contribution in [-0.4, -0.2) is 9.79 Å². The monoisotopic (exact) mass is 368 g/mol. The average Bonchev–Trinajstić information content (AvgIpc) is 2.33. The Labute approximate surface area is 135 Å². The van der Waals surface area contributed by atoms with Gasteiger partial charge in [-0.05, 0) is 30.3 Å². The molecule has 0 spiro atoms. The molecule has 0 atom stereocenters. The summed E-state index contributed by atoms with van der Waals surface area (Å²) in [6.45, 7) is 0. The van der Waals surface area contributed by atoms with Gasteiger partial charge in [0.05, 0.1) is 5.02 Å². The van der Waals surface area contributed by atoms with E-state index in [2.05, 4.69) is 4.52 Å². The first-order valence-corrected chi connectivity index (χ1v) is 8.08. The molecule has 5 nitrogen and oxygen atoms in total. The van der Waals surface area contributed by atoms with Gasteiger partial charge in [0.1, 0.15) is 5.75 Å². The molecule has 0 fully saturated rings. The van der Waals surface area contributed by atoms with Gasteiger partial charge in [0.25, 0.3) is 0 Å². The predicted octanol–water partition coefficient (Wildman–Crippen LogP) is 4.91. The third kappa shape index (κ3) is 4.78. The molecule has 0 aromatic heterocycles. The fourth-order valence-corrected chi connectivity index (χ4v) is 2.45. The fourth-order valence-electron chi connectivity index (χ4n) is 1.44. The molecule has 112 valence electrons. The first kappa shape index (κ1) is 16.4. The molecule has 2 aromatic carbocycles. The van der Waals surface area contributed by atoms with Gasteiger partial charge in [-0.2, -0.15) is 0 Å². The van der Waals surface area contributed by atoms with Crippen molar-refractivity contribution >= 4 is 42.6 Å². The molecule has 0 aliphatic rings. The van der Waals surface area contributed by atoms with Crippen molar-refractivity contribution in [2.24, 2.45) is 0 Å². The van der Waals surface area contributed by atoms with Crippen LogP contribution in [0.3, 0.4) is 0 Å². The lowest BCUT2D eigenvalue weighted by Gasteiger charge is -2.13. The molecule has 21 heavy (non-hydrogen) atoms. The molecular formula is C12H8Cl3O5P. The van der Waals surface area contributed by atoms with Crippen molar-refractivity contribution in [3.8, 4) is 17.2 Å². The molecular weight excluding hydrogens is 361 g/mol. The zero-order chi connectivity index (χ0) is 15.6. The standard InChI is InChI=1S/C12H8Cl3O5P/c13-7-1-3-10(9(15)5-7)19-11-4-2-8(14)6-12(11)20-21(16,17)18/h1-6H,(H2,16,17,18). The minimum atomic E-state index is -4.75. The lowest BCUT2D eigenvalue weighted by molar-refractivity contribution is 0.279. The number of phosphoric acid groups is 1. The summed E-state index contributed by atoms with van der Waals surface area (Å²) in [5.41, 5.74) is 0. The first-order valence-electron chi connectivity index (χ1n) is 5.42. The third-order valence-electron chi connectivity index (χ3n) is 2.24. The number of halogens is 3. The van der Waals surface area contributed by atoms with E-state index < -0.39 is 7.82 Å². The van der Waals surface area contributed by atoms with E-state index in [1.165, 1.54) is 30.3 Å². The molecule has 0 bridgehead atoms. The van der Waals surface area contributed by atoms with Gasteiger partial charge >= 0.3 is 7.82 Å². The second-order valence-electron chi connectivity index (χ2n) is 3.85. The van der Waals surface area contributed by atoms with Crippen LogP contribution in [0, 0.1) is 0 Å². The van der Waals surface area contributed by atoms with Crippen LogP contribution < -0.4 is 9.26 Å². The Kier molecular flexibility index (Phi) is 5.04. The van der Waals surface area contributed by atoms with Crippen molar-refractivity contribution in [3.63, 3.8) is 0 Å². The second kappa shape index (κ2) is 6.44. The normalized spacial score (nSPS) is 11.3. The van der Waals surface area contributed by atoms with Crippen LogP contribution in [0.4, 0.5) is 0 Å². The van der Waals surface area contributed by atoms with Gasteiger partial charge in [0.15, 0.2) is 11.5 Å². The summed E-state index contributed by atoms with van der Waals surface area (Å²) in [6, 6.07) is 8.64. The van der Waals surface area contributed by atoms with Crippen LogP contribution in [0.5, 0.6) is 17.2 Å². The number of hydrogen-bond acceptors (Lipinski definition) is 3. The number of ether oxygens (including phenoxy) is 1. The van der Waals surface area contributed by atoms with E-state index in [-0.39, 0.29) is 27.3 Å². The molecule has 2 rings (SSSR count). The van der Waals surface area contributed by atoms with Gasteiger partial charge in [-0.15, -0.1) is 0 Å². The molecule has 0 amide bonds. The van der Waals surface area contributed by atoms with Gasteiger partial charge in [-0.3, -0.25) is 9.79 Å². The molecule has 2 N–H and O–H groups in total. The van der Waals surface area contributed by atoms with E-state index in [9.17, 15) is 4.57 Å². The largest absolute Gasteiger partial charge is 0.524 e. The number of rotatable bonds is 4. The van der Waals surface area contributed by atoms with Gasteiger partial charge in [0.2, 0.25) is 0 Å². The number of phosphoric ester groups is 1. The van der Waals surface area contributed by atoms with Crippen molar-refractivity contribution in [1.29, 1.82) is 0 Å². The molecule has 2 aromatic rings. The number of hydrogen-bond donors (Lipinski definition) is 2. The van der Waals surface area contributed by atoms with Crippen molar-refractivity contribution in [3.05, 3.63) is 51.5 Å². The summed E-state index contributed by atoms with van der Waals surface area (Å²) >= 11 is 17.5. The van der Waals surface area contributed by atoms with Crippen molar-refractivity contribution < 1.29 is 23.6 Å². The van der Waals surface area contributed by atoms with E-state index in [1.54, 1.807) is 6.07 Å². The molecule has 0 aliphatic heterocycles. The summed E-state index contributed by atoms with van der Waals surface area (Å²) in [4.78, 5) is 17.8. The molecule has 0 radical (unpaired) electrons. The molecule has 0 aliphatic carbocycles. The molecule has 9 heteroatoms. The Balaban J connectivity index is 2.37. The summed E-state index contributed by atoms with van der Waals surface area (Å²) in [5, 5.41) is 0.891. The fraction of sp³-hybridized carbons (Fsp3) is 0. The lowest BCUT2D eigenvalue weighted by Crippen LogP contribution is -1.94. The first-order chi connectivity index (χ1) is 9.74. The Hall–Kier alpha value is -0.940. The van der Waals surface area contributed by atoms with E-state index in [0.29, 0.717) is 5.02 Å². The van der Waals surface area contributed by atoms with E-state index >= 15 is 0 Å². The van der Waals surface area contributed by atoms with Crippen LogP contribution in [0.25, 0.3) is 0 Å². The van der Waals surface area contributed by atoms with E-state index in [4.69, 9.17) is 49.3 Å². The van der Waals surface area contributed by atoms with Crippen molar-refractivity contribution in [1.82, 2.24) is 0 Å². The summed E-state index contributed by atoms with van der Waals surface area (Å²) in [5.74, 6) is 0.0905. The highest BCUT2D eigenvalue weighted by Crippen LogP contribution is 2.45. The summed E-state index contributed by atoms with van der Waals surface area (Å²) in [6.07, 6.45) is 0. The molecule has 0 saturated carbocycles. The Morgan fingerprint density at radius 2 is 1.43 bits per heavy atom. The number of benzene rings is 2. The minimum absolute atomic E-state index is 0.0481. The minimum Gasteiger partial charge on any atom is -0.452 e. The van der Waals surface area contributed by atoms with E-state index in [1.807, 2.05) is 0 Å². The Morgan fingerprint density at radius 1 is 0.857 bits per heavy atom. The second-order valence-corrected chi connectivity index (χ2v) is 6.29. The summed E-state index contributed by atoms with van der Waals surface area (Å²) in [7, 11) is -4.75. The molecule has 0 heterocycles. The average molecular weight is 370 g/mol. The highest BCUT2D eigenvalue weighted by atomic mass is 35.5. The molecule has 0 unspecified atom stereocenters. The smallest absolute Gasteiger partial charge is 0.452 e. The SMILES string of the molecule is O=P(O)(O)Oc1cc(Cl)ccc1Oc1ccc(Cl)cc1Cl. The van der Waals surface area contributed by atoms with Crippen molar-refractivity contribution in [2.75, 3.05) is 0 Å². The topological polar surface area (TPSA) is 76.0 Å². The van der Waals surface area contributed by atoms with Gasteiger partial charge in [0, 0.05) is 16.1 Å². The van der Waals surface area contributed by atoms with E-state index in [0.717, 1.165) is 0 Å². The maximum atomic E-state index is 11.0. The zero-order valence-electron chi connectivity index (χ0n) is 10.2. The van der Waals surface area contributed by atoms with Crippen LogP contribution in [0.15, 0.2) is 36.4 Å². The predicted molar refractivity (Wildman–Crippen MR) is 80.7 cm³/mol. The highest BCUT2D eigenvalue weighted by molar-refractivity contribution is 7.46. The lowest BCUT2D eigenvalue weighted by atomic mass is 10.3. The third-order valence-corrected chi connectivity index (χ3v) is 3.44. The summed E-state index contributed by atoms with van der Waals surface area (Å²) < 4.78 is 21.0.